The molecule has 0 aliphatic heterocycles. The summed E-state index contributed by atoms with van der Waals surface area (Å²) in [5.74, 6) is 0.274. The van der Waals surface area contributed by atoms with E-state index in [4.69, 9.17) is 0 Å². The Morgan fingerprint density at radius 1 is 1.26 bits per heavy atom. The summed E-state index contributed by atoms with van der Waals surface area (Å²) >= 11 is 1.76. The minimum Gasteiger partial charge on any atom is -0.507 e. The molecule has 1 aromatic carbocycles. The Bertz CT molecular complexity index is 535. The van der Waals surface area contributed by atoms with Crippen LogP contribution in [0.25, 0.3) is 0 Å². The molecule has 0 saturated carbocycles. The first-order valence-corrected chi connectivity index (χ1v) is 7.17. The summed E-state index contributed by atoms with van der Waals surface area (Å²) in [7, 11) is 4.28. The Hall–Kier alpha value is -1.65. The van der Waals surface area contributed by atoms with Gasteiger partial charge in [-0.1, -0.05) is 18.2 Å². The van der Waals surface area contributed by atoms with Crippen molar-refractivity contribution >= 4 is 17.6 Å². The zero-order chi connectivity index (χ0) is 13.7. The number of likely N-dealkylation sites (N-methyl/N-ethyl adjacent to an activating group) is 1. The third-order valence-corrected chi connectivity index (χ3v) is 4.02. The number of para-hydroxylation sites is 1. The van der Waals surface area contributed by atoms with Crippen LogP contribution in [-0.2, 0) is 0 Å². The van der Waals surface area contributed by atoms with Gasteiger partial charge in [0.15, 0.2) is 0 Å². The fourth-order valence-electron chi connectivity index (χ4n) is 1.90. The summed E-state index contributed by atoms with van der Waals surface area (Å²) in [5.41, 5.74) is 0.765. The van der Waals surface area contributed by atoms with E-state index in [2.05, 4.69) is 36.6 Å². The summed E-state index contributed by atoms with van der Waals surface area (Å²) in [4.78, 5) is 7.18. The zero-order valence-electron chi connectivity index (χ0n) is 11.2. The van der Waals surface area contributed by atoms with E-state index in [-0.39, 0.29) is 5.75 Å². The molecule has 0 aliphatic rings. The molecular weight excluding hydrogens is 256 g/mol. The number of nitrogens with zero attached hydrogens (tertiary/aromatic N) is 1. The van der Waals surface area contributed by atoms with Crippen LogP contribution in [0.5, 0.6) is 5.75 Å². The molecule has 0 saturated heterocycles. The van der Waals surface area contributed by atoms with Gasteiger partial charge in [-0.25, -0.2) is 0 Å². The summed E-state index contributed by atoms with van der Waals surface area (Å²) in [6.07, 6.45) is 1.75. The van der Waals surface area contributed by atoms with Gasteiger partial charge in [0.05, 0.1) is 25.5 Å². The number of phenolic OH excluding ortho intramolecular Hbond substituents is 1. The molecule has 0 fully saturated rings. The lowest BCUT2D eigenvalue weighted by atomic mass is 10.2. The van der Waals surface area contributed by atoms with E-state index < -0.39 is 0 Å². The lowest BCUT2D eigenvalue weighted by molar-refractivity contribution is -0.890. The minimum absolute atomic E-state index is 0.274. The molecule has 0 amide bonds. The topological polar surface area (TPSA) is 37.0 Å². The van der Waals surface area contributed by atoms with Gasteiger partial charge in [0.1, 0.15) is 11.8 Å². The molecule has 100 valence electrons. The van der Waals surface area contributed by atoms with Crippen molar-refractivity contribution in [2.75, 3.05) is 20.6 Å². The van der Waals surface area contributed by atoms with Crippen LogP contribution in [0, 0.1) is 0 Å². The zero-order valence-corrected chi connectivity index (χ0v) is 12.0. The first-order chi connectivity index (χ1) is 9.18. The van der Waals surface area contributed by atoms with E-state index in [1.54, 1.807) is 23.6 Å². The Balaban J connectivity index is 2.06. The smallest absolute Gasteiger partial charge is 0.142 e. The van der Waals surface area contributed by atoms with Crippen LogP contribution >= 0.6 is 11.3 Å². The molecule has 19 heavy (non-hydrogen) atoms. The fourth-order valence-corrected chi connectivity index (χ4v) is 2.85. The number of hydrogen-bond donors (Lipinski definition) is 2. The van der Waals surface area contributed by atoms with E-state index in [0.29, 0.717) is 6.04 Å². The van der Waals surface area contributed by atoms with Crippen LogP contribution in [0.2, 0.25) is 0 Å². The van der Waals surface area contributed by atoms with Gasteiger partial charge in [-0.15, -0.1) is 11.3 Å². The van der Waals surface area contributed by atoms with Gasteiger partial charge >= 0.3 is 0 Å². The summed E-state index contributed by atoms with van der Waals surface area (Å²) in [6.45, 7) is 0.719. The average Bonchev–Trinajstić information content (AvgIpc) is 2.89. The van der Waals surface area contributed by atoms with Gasteiger partial charge in [-0.3, -0.25) is 4.99 Å². The van der Waals surface area contributed by atoms with Crippen molar-refractivity contribution in [3.63, 3.8) is 0 Å². The van der Waals surface area contributed by atoms with Crippen molar-refractivity contribution in [2.45, 2.75) is 6.04 Å². The van der Waals surface area contributed by atoms with Crippen LogP contribution in [0.15, 0.2) is 46.8 Å². The Morgan fingerprint density at radius 2 is 2.05 bits per heavy atom. The van der Waals surface area contributed by atoms with E-state index >= 15 is 0 Å². The molecule has 2 rings (SSSR count). The van der Waals surface area contributed by atoms with Gasteiger partial charge in [0.25, 0.3) is 0 Å². The van der Waals surface area contributed by atoms with Gasteiger partial charge in [0, 0.05) is 11.8 Å². The molecule has 2 aromatic rings. The molecule has 0 spiro atoms. The molecule has 0 radical (unpaired) electrons. The maximum Gasteiger partial charge on any atom is 0.142 e. The highest BCUT2D eigenvalue weighted by Crippen LogP contribution is 2.17. The third kappa shape index (κ3) is 3.66. The highest BCUT2D eigenvalue weighted by molar-refractivity contribution is 7.10. The Labute approximate surface area is 117 Å². The number of phenols is 1. The number of quaternary nitrogens is 1. The van der Waals surface area contributed by atoms with Crippen molar-refractivity contribution in [1.82, 2.24) is 0 Å². The van der Waals surface area contributed by atoms with Crippen LogP contribution < -0.4 is 4.90 Å². The molecule has 0 aliphatic carbocycles. The molecule has 1 aromatic heterocycles. The molecule has 0 unspecified atom stereocenters. The number of nitrogens with one attached hydrogen (secondary N) is 1. The number of thiophene rings is 1. The molecule has 1 atom stereocenters. The lowest BCUT2D eigenvalue weighted by Crippen LogP contribution is -3.06. The predicted molar refractivity (Wildman–Crippen MR) is 80.4 cm³/mol. The summed E-state index contributed by atoms with van der Waals surface area (Å²) in [6, 6.07) is 11.8. The number of benzene rings is 1. The monoisotopic (exact) mass is 275 g/mol. The molecule has 3 nitrogen and oxygen atoms in total. The second-order valence-electron chi connectivity index (χ2n) is 4.70. The number of rotatable bonds is 5. The molecule has 4 heteroatoms. The second kappa shape index (κ2) is 6.50. The predicted octanol–water partition coefficient (Wildman–Crippen LogP) is 1.76. The maximum atomic E-state index is 9.67. The van der Waals surface area contributed by atoms with Crippen LogP contribution in [0.4, 0.5) is 0 Å². The number of aliphatic imine (C=N–C) groups is 1. The lowest BCUT2D eigenvalue weighted by Gasteiger charge is -2.18. The van der Waals surface area contributed by atoms with E-state index in [1.165, 1.54) is 9.78 Å². The van der Waals surface area contributed by atoms with Gasteiger partial charge in [0.2, 0.25) is 0 Å². The van der Waals surface area contributed by atoms with Crippen LogP contribution in [-0.4, -0.2) is 32.0 Å². The van der Waals surface area contributed by atoms with Crippen molar-refractivity contribution in [2.24, 2.45) is 4.99 Å². The first-order valence-electron chi connectivity index (χ1n) is 6.29. The normalized spacial score (nSPS) is 13.2. The maximum absolute atomic E-state index is 9.67. The minimum atomic E-state index is 0.274. The highest BCUT2D eigenvalue weighted by Gasteiger charge is 2.17. The third-order valence-electron chi connectivity index (χ3n) is 3.04. The average molecular weight is 275 g/mol. The van der Waals surface area contributed by atoms with Crippen molar-refractivity contribution < 1.29 is 10.0 Å². The highest BCUT2D eigenvalue weighted by atomic mass is 32.1. The van der Waals surface area contributed by atoms with Gasteiger partial charge in [-0.2, -0.15) is 0 Å². The van der Waals surface area contributed by atoms with E-state index in [9.17, 15) is 5.11 Å². The number of hydrogen-bond acceptors (Lipinski definition) is 3. The standard InChI is InChI=1S/C15H18N2OS/c1-17(2)13(15-8-5-9-19-15)11-16-10-12-6-3-4-7-14(12)18/h3-10,13,18H,11H2,1-2H3/p+1/t13-/m0/s1. The summed E-state index contributed by atoms with van der Waals surface area (Å²) in [5, 5.41) is 11.8. The second-order valence-corrected chi connectivity index (χ2v) is 5.68. The van der Waals surface area contributed by atoms with E-state index in [1.807, 2.05) is 18.2 Å². The summed E-state index contributed by atoms with van der Waals surface area (Å²) < 4.78 is 0. The molecule has 0 bridgehead atoms. The van der Waals surface area contributed by atoms with Gasteiger partial charge < -0.3 is 10.0 Å². The van der Waals surface area contributed by atoms with Crippen LogP contribution in [0.3, 0.4) is 0 Å². The molecule has 1 heterocycles. The van der Waals surface area contributed by atoms with E-state index in [0.717, 1.165) is 12.1 Å². The van der Waals surface area contributed by atoms with Crippen molar-refractivity contribution in [3.05, 3.63) is 52.2 Å². The fraction of sp³-hybridized carbons (Fsp3) is 0.267. The van der Waals surface area contributed by atoms with Gasteiger partial charge in [-0.05, 0) is 23.6 Å². The molecule has 2 N–H and O–H groups in total. The first kappa shape index (κ1) is 13.8. The Kier molecular flexibility index (Phi) is 4.71. The van der Waals surface area contributed by atoms with Crippen molar-refractivity contribution in [1.29, 1.82) is 0 Å². The number of aromatic hydroxyl groups is 1. The van der Waals surface area contributed by atoms with Crippen LogP contribution in [0.1, 0.15) is 16.5 Å². The SMILES string of the molecule is C[NH+](C)[C@@H](CN=Cc1ccccc1O)c1cccs1. The molecular formula is C15H19N2OS+. The van der Waals surface area contributed by atoms with Crippen molar-refractivity contribution in [3.8, 4) is 5.75 Å². The Morgan fingerprint density at radius 3 is 2.68 bits per heavy atom. The quantitative estimate of drug-likeness (QED) is 0.802. The largest absolute Gasteiger partial charge is 0.507 e.